The number of carboxylic acids is 1. The standard InChI is InChI=1S/C10H14N2O3/c1-6-8(10(13)14)12-9(11-6)7-3-2-4-15-5-7/h7H,2-5H2,1H3,(H,11,12)(H,13,14). The van der Waals surface area contributed by atoms with E-state index in [9.17, 15) is 4.79 Å². The lowest BCUT2D eigenvalue weighted by molar-refractivity contribution is 0.0687. The van der Waals surface area contributed by atoms with E-state index in [0.29, 0.717) is 12.3 Å². The molecule has 2 rings (SSSR count). The topological polar surface area (TPSA) is 75.2 Å². The number of ether oxygens (including phenoxy) is 1. The fourth-order valence-corrected chi connectivity index (χ4v) is 1.84. The second-order valence-corrected chi connectivity index (χ2v) is 3.81. The number of aromatic carboxylic acids is 1. The molecule has 2 heterocycles. The van der Waals surface area contributed by atoms with Crippen molar-refractivity contribution >= 4 is 5.97 Å². The Morgan fingerprint density at radius 1 is 1.67 bits per heavy atom. The molecule has 0 aliphatic carbocycles. The molecular weight excluding hydrogens is 196 g/mol. The number of rotatable bonds is 2. The molecule has 1 aromatic heterocycles. The molecule has 1 aromatic rings. The van der Waals surface area contributed by atoms with E-state index < -0.39 is 5.97 Å². The molecular formula is C10H14N2O3. The van der Waals surface area contributed by atoms with Crippen LogP contribution in [0.1, 0.15) is 40.8 Å². The molecule has 1 aliphatic rings. The third-order valence-corrected chi connectivity index (χ3v) is 2.65. The van der Waals surface area contributed by atoms with Crippen LogP contribution < -0.4 is 0 Å². The molecule has 0 bridgehead atoms. The summed E-state index contributed by atoms with van der Waals surface area (Å²) in [4.78, 5) is 17.9. The number of hydrogen-bond donors (Lipinski definition) is 2. The first-order valence-electron chi connectivity index (χ1n) is 5.06. The van der Waals surface area contributed by atoms with Gasteiger partial charge in [-0.2, -0.15) is 0 Å². The van der Waals surface area contributed by atoms with Gasteiger partial charge in [0.1, 0.15) is 5.82 Å². The fraction of sp³-hybridized carbons (Fsp3) is 0.600. The van der Waals surface area contributed by atoms with E-state index in [1.165, 1.54) is 0 Å². The Morgan fingerprint density at radius 3 is 3.00 bits per heavy atom. The Kier molecular flexibility index (Phi) is 2.73. The number of nitrogens with zero attached hydrogens (tertiary/aromatic N) is 1. The molecule has 1 unspecified atom stereocenters. The van der Waals surface area contributed by atoms with Gasteiger partial charge in [0.05, 0.1) is 6.61 Å². The quantitative estimate of drug-likeness (QED) is 0.771. The first kappa shape index (κ1) is 10.2. The van der Waals surface area contributed by atoms with Gasteiger partial charge in [-0.3, -0.25) is 0 Å². The first-order chi connectivity index (χ1) is 7.18. The number of carbonyl (C=O) groups is 1. The average molecular weight is 210 g/mol. The van der Waals surface area contributed by atoms with Crippen LogP contribution in [0.2, 0.25) is 0 Å². The van der Waals surface area contributed by atoms with Crippen molar-refractivity contribution in [3.05, 3.63) is 17.2 Å². The lowest BCUT2D eigenvalue weighted by Gasteiger charge is -2.19. The lowest BCUT2D eigenvalue weighted by atomic mass is 10.0. The maximum Gasteiger partial charge on any atom is 0.356 e. The summed E-state index contributed by atoms with van der Waals surface area (Å²) in [6, 6.07) is 0. The van der Waals surface area contributed by atoms with Crippen LogP contribution in [0, 0.1) is 6.92 Å². The van der Waals surface area contributed by atoms with Crippen LogP contribution in [0.4, 0.5) is 0 Å². The van der Waals surface area contributed by atoms with E-state index in [-0.39, 0.29) is 11.6 Å². The minimum Gasteiger partial charge on any atom is -0.476 e. The zero-order valence-electron chi connectivity index (χ0n) is 8.62. The van der Waals surface area contributed by atoms with Gasteiger partial charge in [-0.15, -0.1) is 0 Å². The molecule has 15 heavy (non-hydrogen) atoms. The monoisotopic (exact) mass is 210 g/mol. The van der Waals surface area contributed by atoms with E-state index in [4.69, 9.17) is 9.84 Å². The summed E-state index contributed by atoms with van der Waals surface area (Å²) in [6.07, 6.45) is 2.01. The highest BCUT2D eigenvalue weighted by Gasteiger charge is 2.22. The summed E-state index contributed by atoms with van der Waals surface area (Å²) < 4.78 is 5.34. The zero-order valence-corrected chi connectivity index (χ0v) is 8.62. The fourth-order valence-electron chi connectivity index (χ4n) is 1.84. The zero-order chi connectivity index (χ0) is 10.8. The summed E-state index contributed by atoms with van der Waals surface area (Å²) in [5.41, 5.74) is 0.735. The van der Waals surface area contributed by atoms with E-state index >= 15 is 0 Å². The highest BCUT2D eigenvalue weighted by Crippen LogP contribution is 2.23. The van der Waals surface area contributed by atoms with Crippen molar-refractivity contribution < 1.29 is 14.6 Å². The molecule has 1 saturated heterocycles. The van der Waals surface area contributed by atoms with Crippen LogP contribution in [-0.4, -0.2) is 34.3 Å². The number of imidazole rings is 1. The van der Waals surface area contributed by atoms with Crippen LogP contribution >= 0.6 is 0 Å². The molecule has 0 spiro atoms. The minimum absolute atomic E-state index is 0.121. The smallest absolute Gasteiger partial charge is 0.356 e. The van der Waals surface area contributed by atoms with Gasteiger partial charge in [0.2, 0.25) is 0 Å². The van der Waals surface area contributed by atoms with Gasteiger partial charge >= 0.3 is 5.97 Å². The third-order valence-electron chi connectivity index (χ3n) is 2.65. The molecule has 0 amide bonds. The van der Waals surface area contributed by atoms with Crippen LogP contribution in [0.25, 0.3) is 0 Å². The summed E-state index contributed by atoms with van der Waals surface area (Å²) in [5.74, 6) is -0.0260. The molecule has 1 aliphatic heterocycles. The summed E-state index contributed by atoms with van der Waals surface area (Å²) >= 11 is 0. The molecule has 82 valence electrons. The maximum atomic E-state index is 10.8. The molecule has 5 nitrogen and oxygen atoms in total. The van der Waals surface area contributed by atoms with Crippen LogP contribution in [-0.2, 0) is 4.74 Å². The van der Waals surface area contributed by atoms with E-state index in [1.54, 1.807) is 6.92 Å². The van der Waals surface area contributed by atoms with E-state index in [0.717, 1.165) is 25.3 Å². The van der Waals surface area contributed by atoms with Crippen LogP contribution in [0.15, 0.2) is 0 Å². The van der Waals surface area contributed by atoms with Gasteiger partial charge in [-0.25, -0.2) is 9.78 Å². The lowest BCUT2D eigenvalue weighted by Crippen LogP contribution is -2.16. The summed E-state index contributed by atoms with van der Waals surface area (Å²) in [6.45, 7) is 3.15. The number of aryl methyl sites for hydroxylation is 1. The SMILES string of the molecule is Cc1[nH]c(C2CCCOC2)nc1C(=O)O. The van der Waals surface area contributed by atoms with Gasteiger partial charge < -0.3 is 14.8 Å². The largest absolute Gasteiger partial charge is 0.476 e. The second-order valence-electron chi connectivity index (χ2n) is 3.81. The second kappa shape index (κ2) is 4.02. The predicted molar refractivity (Wildman–Crippen MR) is 53.1 cm³/mol. The highest BCUT2D eigenvalue weighted by molar-refractivity contribution is 5.86. The van der Waals surface area contributed by atoms with Gasteiger partial charge in [-0.1, -0.05) is 0 Å². The van der Waals surface area contributed by atoms with Crippen molar-refractivity contribution in [3.8, 4) is 0 Å². The first-order valence-corrected chi connectivity index (χ1v) is 5.06. The molecule has 1 atom stereocenters. The number of nitrogens with one attached hydrogen (secondary N) is 1. The highest BCUT2D eigenvalue weighted by atomic mass is 16.5. The average Bonchev–Trinajstić information content (AvgIpc) is 2.62. The van der Waals surface area contributed by atoms with Gasteiger partial charge in [0.15, 0.2) is 5.69 Å². The summed E-state index contributed by atoms with van der Waals surface area (Å²) in [5, 5.41) is 8.86. The normalized spacial score (nSPS) is 21.5. The molecule has 1 fully saturated rings. The number of carboxylic acid groups (broad SMARTS) is 1. The van der Waals surface area contributed by atoms with Crippen molar-refractivity contribution in [2.75, 3.05) is 13.2 Å². The Bertz CT molecular complexity index is 367. The van der Waals surface area contributed by atoms with Crippen molar-refractivity contribution in [1.29, 1.82) is 0 Å². The minimum atomic E-state index is -0.980. The van der Waals surface area contributed by atoms with Gasteiger partial charge in [-0.05, 0) is 19.8 Å². The van der Waals surface area contributed by atoms with Crippen molar-refractivity contribution in [2.24, 2.45) is 0 Å². The number of aromatic nitrogens is 2. The maximum absolute atomic E-state index is 10.8. The Hall–Kier alpha value is -1.36. The van der Waals surface area contributed by atoms with E-state index in [2.05, 4.69) is 9.97 Å². The van der Waals surface area contributed by atoms with Crippen LogP contribution in [0.3, 0.4) is 0 Å². The Labute approximate surface area is 87.5 Å². The molecule has 0 aromatic carbocycles. The molecule has 0 radical (unpaired) electrons. The number of hydrogen-bond acceptors (Lipinski definition) is 3. The van der Waals surface area contributed by atoms with Crippen molar-refractivity contribution in [2.45, 2.75) is 25.7 Å². The van der Waals surface area contributed by atoms with E-state index in [1.807, 2.05) is 0 Å². The summed E-state index contributed by atoms with van der Waals surface area (Å²) in [7, 11) is 0. The number of aromatic amines is 1. The predicted octanol–water partition coefficient (Wildman–Crippen LogP) is 1.31. The van der Waals surface area contributed by atoms with Gasteiger partial charge in [0.25, 0.3) is 0 Å². The molecule has 0 saturated carbocycles. The third kappa shape index (κ3) is 2.02. The number of H-pyrrole nitrogens is 1. The Balaban J connectivity index is 2.21. The van der Waals surface area contributed by atoms with Crippen molar-refractivity contribution in [1.82, 2.24) is 9.97 Å². The van der Waals surface area contributed by atoms with Crippen LogP contribution in [0.5, 0.6) is 0 Å². The molecule has 5 heteroatoms. The van der Waals surface area contributed by atoms with Gasteiger partial charge in [0, 0.05) is 18.2 Å². The molecule has 2 N–H and O–H groups in total. The van der Waals surface area contributed by atoms with Crippen molar-refractivity contribution in [3.63, 3.8) is 0 Å². The Morgan fingerprint density at radius 2 is 2.47 bits per heavy atom.